The molecule has 2 unspecified atom stereocenters. The molecular weight excluding hydrogens is 174 g/mol. The van der Waals surface area contributed by atoms with Crippen LogP contribution in [0.3, 0.4) is 0 Å². The summed E-state index contributed by atoms with van der Waals surface area (Å²) in [5, 5.41) is 0.446. The molecule has 0 aromatic carbocycles. The topological polar surface area (TPSA) is 39.2 Å². The highest BCUT2D eigenvalue weighted by Gasteiger charge is 2.11. The van der Waals surface area contributed by atoms with Gasteiger partial charge < -0.3 is 10.2 Å². The van der Waals surface area contributed by atoms with E-state index in [1.54, 1.807) is 6.07 Å². The molecule has 2 N–H and O–H groups in total. The minimum absolute atomic E-state index is 0.198. The first kappa shape index (κ1) is 9.62. The molecule has 68 valence electrons. The van der Waals surface area contributed by atoms with Gasteiger partial charge in [0, 0.05) is 12.0 Å². The second-order valence-electron chi connectivity index (χ2n) is 3.26. The van der Waals surface area contributed by atoms with Gasteiger partial charge in [-0.25, -0.2) is 0 Å². The van der Waals surface area contributed by atoms with Crippen molar-refractivity contribution in [1.29, 1.82) is 0 Å². The molecule has 0 amide bonds. The fourth-order valence-electron chi connectivity index (χ4n) is 1.27. The number of hydrogen-bond acceptors (Lipinski definition) is 2. The van der Waals surface area contributed by atoms with Crippen molar-refractivity contribution in [2.45, 2.75) is 32.2 Å². The molecular formula is C9H14ClNO. The van der Waals surface area contributed by atoms with E-state index in [9.17, 15) is 0 Å². The van der Waals surface area contributed by atoms with Gasteiger partial charge in [-0.05, 0) is 37.1 Å². The zero-order chi connectivity index (χ0) is 9.14. The summed E-state index contributed by atoms with van der Waals surface area (Å²) < 4.78 is 5.26. The monoisotopic (exact) mass is 187 g/mol. The average Bonchev–Trinajstić information content (AvgIpc) is 2.34. The first-order valence-electron chi connectivity index (χ1n) is 4.10. The molecule has 0 aliphatic heterocycles. The smallest absolute Gasteiger partial charge is 0.193 e. The van der Waals surface area contributed by atoms with Crippen molar-refractivity contribution < 1.29 is 4.42 Å². The van der Waals surface area contributed by atoms with E-state index in [1.807, 2.05) is 13.0 Å². The quantitative estimate of drug-likeness (QED) is 0.791. The number of rotatable bonds is 3. The highest BCUT2D eigenvalue weighted by molar-refractivity contribution is 6.28. The summed E-state index contributed by atoms with van der Waals surface area (Å²) in [6.45, 7) is 4.07. The highest BCUT2D eigenvalue weighted by Crippen LogP contribution is 2.24. The fraction of sp³-hybridized carbons (Fsp3) is 0.556. The number of hydrogen-bond donors (Lipinski definition) is 1. The molecule has 3 heteroatoms. The number of furan rings is 1. The van der Waals surface area contributed by atoms with Crippen LogP contribution in [-0.2, 0) is 0 Å². The molecule has 12 heavy (non-hydrogen) atoms. The van der Waals surface area contributed by atoms with Gasteiger partial charge in [0.2, 0.25) is 0 Å². The minimum Gasteiger partial charge on any atom is -0.449 e. The van der Waals surface area contributed by atoms with Gasteiger partial charge >= 0.3 is 0 Å². The maximum atomic E-state index is 5.66. The molecule has 0 spiro atoms. The van der Waals surface area contributed by atoms with Crippen LogP contribution in [0.15, 0.2) is 16.5 Å². The summed E-state index contributed by atoms with van der Waals surface area (Å²) in [7, 11) is 0. The van der Waals surface area contributed by atoms with Gasteiger partial charge in [0.25, 0.3) is 0 Å². The number of halogens is 1. The summed E-state index contributed by atoms with van der Waals surface area (Å²) in [4.78, 5) is 0. The summed E-state index contributed by atoms with van der Waals surface area (Å²) in [5.41, 5.74) is 5.66. The standard InChI is InChI=1S/C9H14ClNO/c1-6(5-7(2)11)8-3-4-9(10)12-8/h3-4,6-7H,5,11H2,1-2H3. The van der Waals surface area contributed by atoms with Gasteiger partial charge in [0.1, 0.15) is 5.76 Å². The van der Waals surface area contributed by atoms with Crippen molar-refractivity contribution in [3.63, 3.8) is 0 Å². The zero-order valence-electron chi connectivity index (χ0n) is 7.38. The predicted octanol–water partition coefficient (Wildman–Crippen LogP) is 2.77. The van der Waals surface area contributed by atoms with E-state index in [1.165, 1.54) is 0 Å². The Morgan fingerprint density at radius 1 is 1.50 bits per heavy atom. The molecule has 0 bridgehead atoms. The lowest BCUT2D eigenvalue weighted by molar-refractivity contribution is 0.447. The fourth-order valence-corrected chi connectivity index (χ4v) is 1.42. The summed E-state index contributed by atoms with van der Waals surface area (Å²) in [5.74, 6) is 1.26. The Kier molecular flexibility index (Phi) is 3.18. The molecule has 0 saturated heterocycles. The van der Waals surface area contributed by atoms with Gasteiger partial charge in [-0.3, -0.25) is 0 Å². The second kappa shape index (κ2) is 3.97. The molecule has 1 aromatic rings. The van der Waals surface area contributed by atoms with Crippen molar-refractivity contribution in [2.75, 3.05) is 0 Å². The molecule has 0 saturated carbocycles. The van der Waals surface area contributed by atoms with E-state index in [-0.39, 0.29) is 6.04 Å². The minimum atomic E-state index is 0.198. The second-order valence-corrected chi connectivity index (χ2v) is 3.63. The Labute approximate surface area is 77.7 Å². The lowest BCUT2D eigenvalue weighted by Crippen LogP contribution is -2.17. The molecule has 1 heterocycles. The Morgan fingerprint density at radius 2 is 2.17 bits per heavy atom. The highest BCUT2D eigenvalue weighted by atomic mass is 35.5. The third-order valence-corrected chi connectivity index (χ3v) is 2.01. The Balaban J connectivity index is 2.58. The summed E-state index contributed by atoms with van der Waals surface area (Å²) >= 11 is 5.64. The maximum absolute atomic E-state index is 5.66. The van der Waals surface area contributed by atoms with Gasteiger partial charge in [-0.1, -0.05) is 6.92 Å². The van der Waals surface area contributed by atoms with Crippen LogP contribution in [0.25, 0.3) is 0 Å². The number of nitrogens with two attached hydrogens (primary N) is 1. The zero-order valence-corrected chi connectivity index (χ0v) is 8.14. The molecule has 0 aliphatic carbocycles. The molecule has 1 aromatic heterocycles. The molecule has 1 rings (SSSR count). The molecule has 2 nitrogen and oxygen atoms in total. The average molecular weight is 188 g/mol. The summed E-state index contributed by atoms with van der Waals surface area (Å²) in [6.07, 6.45) is 0.920. The van der Waals surface area contributed by atoms with Crippen LogP contribution in [0.2, 0.25) is 5.22 Å². The van der Waals surface area contributed by atoms with Crippen molar-refractivity contribution in [2.24, 2.45) is 5.73 Å². The van der Waals surface area contributed by atoms with Gasteiger partial charge in [-0.15, -0.1) is 0 Å². The first-order valence-corrected chi connectivity index (χ1v) is 4.48. The van der Waals surface area contributed by atoms with E-state index in [2.05, 4.69) is 6.92 Å². The van der Waals surface area contributed by atoms with Crippen molar-refractivity contribution in [1.82, 2.24) is 0 Å². The van der Waals surface area contributed by atoms with Crippen LogP contribution in [0.4, 0.5) is 0 Å². The van der Waals surface area contributed by atoms with Crippen molar-refractivity contribution in [3.05, 3.63) is 23.1 Å². The van der Waals surface area contributed by atoms with Crippen molar-refractivity contribution in [3.8, 4) is 0 Å². The predicted molar refractivity (Wildman–Crippen MR) is 50.4 cm³/mol. The van der Waals surface area contributed by atoms with E-state index >= 15 is 0 Å². The third-order valence-electron chi connectivity index (χ3n) is 1.81. The van der Waals surface area contributed by atoms with Crippen LogP contribution in [-0.4, -0.2) is 6.04 Å². The van der Waals surface area contributed by atoms with Gasteiger partial charge in [0.05, 0.1) is 0 Å². The van der Waals surface area contributed by atoms with Gasteiger partial charge in [0.15, 0.2) is 5.22 Å². The largest absolute Gasteiger partial charge is 0.449 e. The Morgan fingerprint density at radius 3 is 2.58 bits per heavy atom. The van der Waals surface area contributed by atoms with E-state index in [0.717, 1.165) is 12.2 Å². The van der Waals surface area contributed by atoms with Crippen LogP contribution >= 0.6 is 11.6 Å². The van der Waals surface area contributed by atoms with Gasteiger partial charge in [-0.2, -0.15) is 0 Å². The van der Waals surface area contributed by atoms with Crippen LogP contribution in [0, 0.1) is 0 Å². The van der Waals surface area contributed by atoms with E-state index in [4.69, 9.17) is 21.8 Å². The first-order chi connectivity index (χ1) is 5.59. The molecule has 0 fully saturated rings. The van der Waals surface area contributed by atoms with E-state index < -0.39 is 0 Å². The van der Waals surface area contributed by atoms with Crippen LogP contribution in [0.1, 0.15) is 31.9 Å². The molecule has 2 atom stereocenters. The normalized spacial score (nSPS) is 16.0. The van der Waals surface area contributed by atoms with Crippen LogP contribution < -0.4 is 5.73 Å². The van der Waals surface area contributed by atoms with Crippen molar-refractivity contribution >= 4 is 11.6 Å². The maximum Gasteiger partial charge on any atom is 0.193 e. The van der Waals surface area contributed by atoms with E-state index in [0.29, 0.717) is 11.1 Å². The van der Waals surface area contributed by atoms with Crippen LogP contribution in [0.5, 0.6) is 0 Å². The lowest BCUT2D eigenvalue weighted by atomic mass is 10.0. The Bertz CT molecular complexity index is 244. The molecule has 0 radical (unpaired) electrons. The third kappa shape index (κ3) is 2.54. The molecule has 0 aliphatic rings. The lowest BCUT2D eigenvalue weighted by Gasteiger charge is -2.10. The Hall–Kier alpha value is -0.470. The SMILES string of the molecule is CC(N)CC(C)c1ccc(Cl)o1. The summed E-state index contributed by atoms with van der Waals surface area (Å²) in [6, 6.07) is 3.85.